The maximum Gasteiger partial charge on any atom is 0.321 e. The predicted molar refractivity (Wildman–Crippen MR) is 115 cm³/mol. The van der Waals surface area contributed by atoms with Crippen LogP contribution in [0.5, 0.6) is 0 Å². The van der Waals surface area contributed by atoms with Crippen LogP contribution in [0.1, 0.15) is 13.3 Å². The van der Waals surface area contributed by atoms with Crippen molar-refractivity contribution in [2.45, 2.75) is 18.5 Å². The van der Waals surface area contributed by atoms with Crippen LogP contribution in [0.15, 0.2) is 52.4 Å². The molecule has 0 aliphatic rings. The van der Waals surface area contributed by atoms with Crippen molar-refractivity contribution in [1.82, 2.24) is 20.2 Å². The van der Waals surface area contributed by atoms with Gasteiger partial charge in [-0.2, -0.15) is 0 Å². The second-order valence-electron chi connectivity index (χ2n) is 6.24. The van der Waals surface area contributed by atoms with E-state index in [2.05, 4.69) is 15.6 Å². The molecule has 0 spiro atoms. The lowest BCUT2D eigenvalue weighted by molar-refractivity contribution is -0.117. The van der Waals surface area contributed by atoms with Gasteiger partial charge in [0.2, 0.25) is 5.91 Å². The van der Waals surface area contributed by atoms with E-state index in [4.69, 9.17) is 11.6 Å². The molecule has 30 heavy (non-hydrogen) atoms. The summed E-state index contributed by atoms with van der Waals surface area (Å²) >= 11 is 6.86. The van der Waals surface area contributed by atoms with Crippen LogP contribution >= 0.6 is 23.4 Å². The van der Waals surface area contributed by atoms with Crippen molar-refractivity contribution in [2.75, 3.05) is 12.3 Å². The van der Waals surface area contributed by atoms with Crippen molar-refractivity contribution in [3.63, 3.8) is 0 Å². The molecule has 0 aliphatic heterocycles. The second-order valence-corrected chi connectivity index (χ2v) is 7.59. The lowest BCUT2D eigenvalue weighted by atomic mass is 10.2. The van der Waals surface area contributed by atoms with Gasteiger partial charge in [-0.15, -0.1) is 0 Å². The van der Waals surface area contributed by atoms with Gasteiger partial charge in [0.15, 0.2) is 5.16 Å². The maximum atomic E-state index is 13.6. The Labute approximate surface area is 180 Å². The summed E-state index contributed by atoms with van der Waals surface area (Å²) in [6.07, 6.45) is 0.740. The first-order valence-corrected chi connectivity index (χ1v) is 10.4. The summed E-state index contributed by atoms with van der Waals surface area (Å²) in [7, 11) is 0. The van der Waals surface area contributed by atoms with Crippen molar-refractivity contribution >= 4 is 46.2 Å². The standard InChI is InChI=1S/C20H18ClFN4O3S/c1-2-9-23-19(29)25-17(27)11-30-20-24-16-6-4-3-5-13(16)18(28)26(20)12-7-8-15(22)14(21)10-12/h3-8,10H,2,9,11H2,1H3,(H2,23,25,27,29). The minimum absolute atomic E-state index is 0.145. The number of aromatic nitrogens is 2. The van der Waals surface area contributed by atoms with Crippen LogP contribution < -0.4 is 16.2 Å². The van der Waals surface area contributed by atoms with Crippen LogP contribution in [0.3, 0.4) is 0 Å². The van der Waals surface area contributed by atoms with E-state index in [9.17, 15) is 18.8 Å². The van der Waals surface area contributed by atoms with Crippen molar-refractivity contribution in [1.29, 1.82) is 0 Å². The summed E-state index contributed by atoms with van der Waals surface area (Å²) < 4.78 is 14.9. The Balaban J connectivity index is 1.94. The fourth-order valence-electron chi connectivity index (χ4n) is 2.64. The molecule has 7 nitrogen and oxygen atoms in total. The van der Waals surface area contributed by atoms with Gasteiger partial charge >= 0.3 is 6.03 Å². The van der Waals surface area contributed by atoms with Gasteiger partial charge in [-0.3, -0.25) is 19.5 Å². The Kier molecular flexibility index (Phi) is 7.07. The van der Waals surface area contributed by atoms with Crippen molar-refractivity contribution in [2.24, 2.45) is 0 Å². The van der Waals surface area contributed by atoms with Gasteiger partial charge in [-0.25, -0.2) is 14.2 Å². The minimum Gasteiger partial charge on any atom is -0.338 e. The van der Waals surface area contributed by atoms with Crippen molar-refractivity contribution in [3.8, 4) is 5.69 Å². The molecular weight excluding hydrogens is 431 g/mol. The smallest absolute Gasteiger partial charge is 0.321 e. The number of carbonyl (C=O) groups is 2. The molecule has 0 bridgehead atoms. The Morgan fingerprint density at radius 1 is 1.23 bits per heavy atom. The largest absolute Gasteiger partial charge is 0.338 e. The van der Waals surface area contributed by atoms with Crippen LogP contribution in [0, 0.1) is 5.82 Å². The van der Waals surface area contributed by atoms with E-state index in [0.717, 1.165) is 24.2 Å². The molecule has 0 unspecified atom stereocenters. The number of nitrogens with one attached hydrogen (secondary N) is 2. The van der Waals surface area contributed by atoms with Crippen LogP contribution in [0.2, 0.25) is 5.02 Å². The summed E-state index contributed by atoms with van der Waals surface area (Å²) in [5, 5.41) is 5.19. The predicted octanol–water partition coefficient (Wildman–Crippen LogP) is 3.51. The Bertz CT molecular complexity index is 1170. The van der Waals surface area contributed by atoms with Gasteiger partial charge in [-0.1, -0.05) is 42.4 Å². The zero-order valence-electron chi connectivity index (χ0n) is 15.9. The molecule has 3 rings (SSSR count). The number of benzene rings is 2. The quantitative estimate of drug-likeness (QED) is 0.444. The van der Waals surface area contributed by atoms with Gasteiger partial charge in [0.25, 0.3) is 5.56 Å². The normalized spacial score (nSPS) is 10.8. The molecule has 2 N–H and O–H groups in total. The first-order valence-electron chi connectivity index (χ1n) is 9.08. The number of fused-ring (bicyclic) bond motifs is 1. The zero-order valence-corrected chi connectivity index (χ0v) is 17.5. The van der Waals surface area contributed by atoms with E-state index >= 15 is 0 Å². The number of carbonyl (C=O) groups excluding carboxylic acids is 2. The summed E-state index contributed by atoms with van der Waals surface area (Å²) in [5.41, 5.74) is 0.385. The number of hydrogen-bond donors (Lipinski definition) is 2. The fraction of sp³-hybridized carbons (Fsp3) is 0.200. The van der Waals surface area contributed by atoms with E-state index in [1.807, 2.05) is 6.92 Å². The molecule has 1 aromatic heterocycles. The van der Waals surface area contributed by atoms with E-state index < -0.39 is 17.8 Å². The average Bonchev–Trinajstić information content (AvgIpc) is 2.73. The van der Waals surface area contributed by atoms with Crippen LogP contribution in [-0.4, -0.2) is 33.8 Å². The SMILES string of the molecule is CCCNC(=O)NC(=O)CSc1nc2ccccc2c(=O)n1-c1ccc(F)c(Cl)c1. The summed E-state index contributed by atoms with van der Waals surface area (Å²) in [6, 6.07) is 10.1. The van der Waals surface area contributed by atoms with Crippen LogP contribution in [0.25, 0.3) is 16.6 Å². The van der Waals surface area contributed by atoms with Gasteiger partial charge < -0.3 is 5.32 Å². The fourth-order valence-corrected chi connectivity index (χ4v) is 3.62. The number of thioether (sulfide) groups is 1. The molecule has 0 atom stereocenters. The topological polar surface area (TPSA) is 93.1 Å². The van der Waals surface area contributed by atoms with Gasteiger partial charge in [-0.05, 0) is 36.8 Å². The van der Waals surface area contributed by atoms with Crippen LogP contribution in [-0.2, 0) is 4.79 Å². The number of nitrogens with zero attached hydrogens (tertiary/aromatic N) is 2. The first kappa shape index (κ1) is 21.8. The number of urea groups is 1. The summed E-state index contributed by atoms with van der Waals surface area (Å²) in [4.78, 5) is 41.3. The molecule has 3 amide bonds. The summed E-state index contributed by atoms with van der Waals surface area (Å²) in [6.45, 7) is 2.34. The molecule has 0 saturated heterocycles. The molecular formula is C20H18ClFN4O3S. The van der Waals surface area contributed by atoms with Crippen molar-refractivity contribution in [3.05, 3.63) is 63.7 Å². The van der Waals surface area contributed by atoms with E-state index in [-0.39, 0.29) is 21.5 Å². The molecule has 0 radical (unpaired) electrons. The minimum atomic E-state index is -0.617. The Morgan fingerprint density at radius 3 is 2.73 bits per heavy atom. The first-order chi connectivity index (χ1) is 14.4. The maximum absolute atomic E-state index is 13.6. The van der Waals surface area contributed by atoms with E-state index in [1.54, 1.807) is 24.3 Å². The lowest BCUT2D eigenvalue weighted by Gasteiger charge is -2.13. The van der Waals surface area contributed by atoms with Gasteiger partial charge in [0.1, 0.15) is 5.82 Å². The van der Waals surface area contributed by atoms with E-state index in [0.29, 0.717) is 23.1 Å². The average molecular weight is 449 g/mol. The molecule has 2 aromatic carbocycles. The molecule has 0 saturated carbocycles. The second kappa shape index (κ2) is 9.73. The van der Waals surface area contributed by atoms with Crippen molar-refractivity contribution < 1.29 is 14.0 Å². The zero-order chi connectivity index (χ0) is 21.7. The van der Waals surface area contributed by atoms with Crippen LogP contribution in [0.4, 0.5) is 9.18 Å². The summed E-state index contributed by atoms with van der Waals surface area (Å²) in [5.74, 6) is -1.31. The molecule has 10 heteroatoms. The highest BCUT2D eigenvalue weighted by molar-refractivity contribution is 7.99. The monoisotopic (exact) mass is 448 g/mol. The highest BCUT2D eigenvalue weighted by Gasteiger charge is 2.16. The molecule has 3 aromatic rings. The Hall–Kier alpha value is -2.91. The van der Waals surface area contributed by atoms with E-state index in [1.165, 1.54) is 16.7 Å². The number of amides is 3. The van der Waals surface area contributed by atoms with Gasteiger partial charge in [0, 0.05) is 6.54 Å². The third-order valence-electron chi connectivity index (χ3n) is 4.03. The molecule has 156 valence electrons. The molecule has 1 heterocycles. The number of hydrogen-bond acceptors (Lipinski definition) is 5. The highest BCUT2D eigenvalue weighted by Crippen LogP contribution is 2.24. The Morgan fingerprint density at radius 2 is 2.00 bits per heavy atom. The highest BCUT2D eigenvalue weighted by atomic mass is 35.5. The number of rotatable bonds is 6. The molecule has 0 aliphatic carbocycles. The number of halogens is 2. The lowest BCUT2D eigenvalue weighted by Crippen LogP contribution is -2.40. The third-order valence-corrected chi connectivity index (χ3v) is 5.26. The third kappa shape index (κ3) is 4.98. The number of imide groups is 1. The number of para-hydroxylation sites is 1. The van der Waals surface area contributed by atoms with Gasteiger partial charge in [0.05, 0.1) is 27.4 Å². The molecule has 0 fully saturated rings.